The van der Waals surface area contributed by atoms with E-state index in [2.05, 4.69) is 5.32 Å². The maximum absolute atomic E-state index is 13.6. The van der Waals surface area contributed by atoms with Gasteiger partial charge in [0.05, 0.1) is 11.6 Å². The van der Waals surface area contributed by atoms with E-state index in [1.165, 1.54) is 12.1 Å². The van der Waals surface area contributed by atoms with Gasteiger partial charge in [0.15, 0.2) is 0 Å². The van der Waals surface area contributed by atoms with Crippen LogP contribution in [-0.4, -0.2) is 16.6 Å². The van der Waals surface area contributed by atoms with Gasteiger partial charge >= 0.3 is 0 Å². The topological polar surface area (TPSA) is 73.1 Å². The summed E-state index contributed by atoms with van der Waals surface area (Å²) in [5.74, 6) is -0.980. The normalized spacial score (nSPS) is 16.9. The van der Waals surface area contributed by atoms with Crippen LogP contribution < -0.4 is 5.32 Å². The molecule has 1 aromatic rings. The van der Waals surface area contributed by atoms with E-state index in [0.29, 0.717) is 18.4 Å². The van der Waals surface area contributed by atoms with Crippen LogP contribution in [0.4, 0.5) is 4.39 Å². The molecule has 2 rings (SSSR count). The van der Waals surface area contributed by atoms with E-state index >= 15 is 0 Å². The van der Waals surface area contributed by atoms with Crippen molar-refractivity contribution in [1.82, 2.24) is 5.32 Å². The van der Waals surface area contributed by atoms with E-state index in [0.717, 1.165) is 18.9 Å². The molecule has 0 saturated heterocycles. The van der Waals surface area contributed by atoms with Crippen LogP contribution in [-0.2, 0) is 11.3 Å². The van der Waals surface area contributed by atoms with Crippen molar-refractivity contribution in [3.63, 3.8) is 0 Å². The molecule has 5 heteroatoms. The molecule has 0 aliphatic heterocycles. The predicted octanol–water partition coefficient (Wildman–Crippen LogP) is 1.62. The first-order valence-electron chi connectivity index (χ1n) is 6.24. The van der Waals surface area contributed by atoms with Crippen molar-refractivity contribution in [2.75, 3.05) is 0 Å². The molecule has 4 nitrogen and oxygen atoms in total. The number of halogens is 1. The Balaban J connectivity index is 1.99. The number of carbonyl (C=O) groups is 1. The van der Waals surface area contributed by atoms with Gasteiger partial charge in [0.25, 0.3) is 5.91 Å². The van der Waals surface area contributed by atoms with E-state index in [-0.39, 0.29) is 12.1 Å². The first kappa shape index (κ1) is 13.5. The van der Waals surface area contributed by atoms with E-state index < -0.39 is 17.3 Å². The van der Waals surface area contributed by atoms with Gasteiger partial charge in [0.2, 0.25) is 0 Å². The zero-order valence-corrected chi connectivity index (χ0v) is 10.4. The molecular weight excluding hydrogens is 247 g/mol. The minimum Gasteiger partial charge on any atom is -0.380 e. The van der Waals surface area contributed by atoms with Crippen LogP contribution in [0.5, 0.6) is 0 Å². The summed E-state index contributed by atoms with van der Waals surface area (Å²) in [5.41, 5.74) is -0.765. The number of nitriles is 1. The van der Waals surface area contributed by atoms with Gasteiger partial charge in [-0.3, -0.25) is 4.79 Å². The van der Waals surface area contributed by atoms with Crippen molar-refractivity contribution in [2.24, 2.45) is 0 Å². The largest absolute Gasteiger partial charge is 0.380 e. The van der Waals surface area contributed by atoms with Gasteiger partial charge in [-0.15, -0.1) is 0 Å². The second-order valence-electron chi connectivity index (χ2n) is 4.84. The molecule has 1 fully saturated rings. The Hall–Kier alpha value is -1.93. The van der Waals surface area contributed by atoms with Gasteiger partial charge in [-0.2, -0.15) is 5.26 Å². The monoisotopic (exact) mass is 262 g/mol. The molecule has 1 saturated carbocycles. The zero-order valence-electron chi connectivity index (χ0n) is 10.4. The lowest BCUT2D eigenvalue weighted by Gasteiger charge is -2.21. The summed E-state index contributed by atoms with van der Waals surface area (Å²) in [6.07, 6.45) is 2.56. The Labute approximate surface area is 110 Å². The predicted molar refractivity (Wildman–Crippen MR) is 66.4 cm³/mol. The number of nitrogens with zero attached hydrogens (tertiary/aromatic N) is 1. The highest BCUT2D eigenvalue weighted by molar-refractivity contribution is 5.85. The van der Waals surface area contributed by atoms with Crippen molar-refractivity contribution in [2.45, 2.75) is 37.8 Å². The average molecular weight is 262 g/mol. The molecule has 0 aromatic heterocycles. The molecular formula is C14H15FN2O2. The quantitative estimate of drug-likeness (QED) is 0.869. The van der Waals surface area contributed by atoms with E-state index in [4.69, 9.17) is 5.26 Å². The Morgan fingerprint density at radius 1 is 1.47 bits per heavy atom. The van der Waals surface area contributed by atoms with Gasteiger partial charge in [-0.05, 0) is 37.8 Å². The van der Waals surface area contributed by atoms with E-state index in [1.807, 2.05) is 6.07 Å². The summed E-state index contributed by atoms with van der Waals surface area (Å²) in [7, 11) is 0. The van der Waals surface area contributed by atoms with E-state index in [1.54, 1.807) is 0 Å². The first-order valence-corrected chi connectivity index (χ1v) is 6.24. The highest BCUT2D eigenvalue weighted by Gasteiger charge is 2.38. The Kier molecular flexibility index (Phi) is 3.82. The zero-order chi connectivity index (χ0) is 13.9. The van der Waals surface area contributed by atoms with Crippen molar-refractivity contribution in [1.29, 1.82) is 5.26 Å². The molecule has 2 N–H and O–H groups in total. The lowest BCUT2D eigenvalue weighted by Crippen LogP contribution is -2.44. The maximum Gasteiger partial charge on any atom is 0.252 e. The van der Waals surface area contributed by atoms with Crippen LogP contribution in [0.1, 0.15) is 36.8 Å². The molecule has 100 valence electrons. The Morgan fingerprint density at radius 3 is 2.74 bits per heavy atom. The third-order valence-corrected chi connectivity index (χ3v) is 3.47. The molecule has 0 radical (unpaired) electrons. The number of nitrogens with one attached hydrogen (secondary N) is 1. The summed E-state index contributed by atoms with van der Waals surface area (Å²) in [4.78, 5) is 11.8. The SMILES string of the molecule is N#Cc1ccc(CNC(=O)C2(O)CCCC2)c(F)c1. The molecule has 1 aliphatic rings. The fourth-order valence-corrected chi connectivity index (χ4v) is 2.29. The fourth-order valence-electron chi connectivity index (χ4n) is 2.29. The number of hydrogen-bond acceptors (Lipinski definition) is 3. The van der Waals surface area contributed by atoms with Gasteiger partial charge in [-0.25, -0.2) is 4.39 Å². The molecule has 19 heavy (non-hydrogen) atoms. The lowest BCUT2D eigenvalue weighted by molar-refractivity contribution is -0.139. The smallest absolute Gasteiger partial charge is 0.252 e. The molecule has 0 bridgehead atoms. The third kappa shape index (κ3) is 2.91. The van der Waals surface area contributed by atoms with Crippen LogP contribution in [0, 0.1) is 17.1 Å². The Bertz CT molecular complexity index is 531. The molecule has 0 atom stereocenters. The molecule has 1 aliphatic carbocycles. The molecule has 0 unspecified atom stereocenters. The van der Waals surface area contributed by atoms with Crippen molar-refractivity contribution in [3.05, 3.63) is 35.1 Å². The maximum atomic E-state index is 13.6. The lowest BCUT2D eigenvalue weighted by atomic mass is 10.0. The van der Waals surface area contributed by atoms with Gasteiger partial charge < -0.3 is 10.4 Å². The third-order valence-electron chi connectivity index (χ3n) is 3.47. The average Bonchev–Trinajstić information content (AvgIpc) is 2.85. The summed E-state index contributed by atoms with van der Waals surface area (Å²) in [6.45, 7) is 0.0126. The van der Waals surface area contributed by atoms with Crippen molar-refractivity contribution < 1.29 is 14.3 Å². The molecule has 0 heterocycles. The number of hydrogen-bond donors (Lipinski definition) is 2. The highest BCUT2D eigenvalue weighted by Crippen LogP contribution is 2.29. The summed E-state index contributed by atoms with van der Waals surface area (Å²) in [6, 6.07) is 5.93. The summed E-state index contributed by atoms with van der Waals surface area (Å²) >= 11 is 0. The molecule has 1 amide bonds. The van der Waals surface area contributed by atoms with Crippen LogP contribution in [0.15, 0.2) is 18.2 Å². The summed E-state index contributed by atoms with van der Waals surface area (Å²) < 4.78 is 13.6. The first-order chi connectivity index (χ1) is 9.05. The number of carbonyl (C=O) groups excluding carboxylic acids is 1. The van der Waals surface area contributed by atoms with Crippen LogP contribution in [0.3, 0.4) is 0 Å². The van der Waals surface area contributed by atoms with E-state index in [9.17, 15) is 14.3 Å². The minimum absolute atomic E-state index is 0.0126. The second-order valence-corrected chi connectivity index (χ2v) is 4.84. The van der Waals surface area contributed by atoms with Crippen LogP contribution in [0.25, 0.3) is 0 Å². The molecule has 1 aromatic carbocycles. The van der Waals surface area contributed by atoms with Crippen LogP contribution in [0.2, 0.25) is 0 Å². The second kappa shape index (κ2) is 5.37. The Morgan fingerprint density at radius 2 is 2.16 bits per heavy atom. The number of rotatable bonds is 3. The number of benzene rings is 1. The number of amides is 1. The van der Waals surface area contributed by atoms with Crippen LogP contribution >= 0.6 is 0 Å². The standard InChI is InChI=1S/C14H15FN2O2/c15-12-7-10(8-16)3-4-11(12)9-17-13(18)14(19)5-1-2-6-14/h3-4,7,19H,1-2,5-6,9H2,(H,17,18). The minimum atomic E-state index is -1.30. The van der Waals surface area contributed by atoms with Gasteiger partial charge in [0.1, 0.15) is 11.4 Å². The van der Waals surface area contributed by atoms with Crippen molar-refractivity contribution >= 4 is 5.91 Å². The van der Waals surface area contributed by atoms with Gasteiger partial charge in [0, 0.05) is 12.1 Å². The summed E-state index contributed by atoms with van der Waals surface area (Å²) in [5, 5.41) is 21.2. The van der Waals surface area contributed by atoms with Crippen molar-refractivity contribution in [3.8, 4) is 6.07 Å². The fraction of sp³-hybridized carbons (Fsp3) is 0.429. The number of aliphatic hydroxyl groups is 1. The highest BCUT2D eigenvalue weighted by atomic mass is 19.1. The van der Waals surface area contributed by atoms with Gasteiger partial charge in [-0.1, -0.05) is 6.07 Å². The molecule has 0 spiro atoms.